The van der Waals surface area contributed by atoms with Crippen molar-refractivity contribution in [3.63, 3.8) is 0 Å². The molecule has 1 aliphatic heterocycles. The van der Waals surface area contributed by atoms with Crippen LogP contribution in [0.2, 0.25) is 0 Å². The number of hydrogen-bond acceptors (Lipinski definition) is 4. The molecule has 0 fully saturated rings. The highest BCUT2D eigenvalue weighted by Crippen LogP contribution is 2.33. The first-order valence-corrected chi connectivity index (χ1v) is 10.6. The van der Waals surface area contributed by atoms with Crippen molar-refractivity contribution < 1.29 is 19.1 Å². The Kier molecular flexibility index (Phi) is 6.40. The van der Waals surface area contributed by atoms with E-state index in [-0.39, 0.29) is 18.4 Å². The predicted molar refractivity (Wildman–Crippen MR) is 122 cm³/mol. The third-order valence-electron chi connectivity index (χ3n) is 5.75. The minimum Gasteiger partial charge on any atom is -0.493 e. The highest BCUT2D eigenvalue weighted by atomic mass is 16.5. The second-order valence-corrected chi connectivity index (χ2v) is 7.59. The van der Waals surface area contributed by atoms with Crippen LogP contribution in [0.5, 0.6) is 11.5 Å². The maximum atomic E-state index is 13.5. The number of benzene rings is 3. The number of para-hydroxylation sites is 1. The van der Waals surface area contributed by atoms with Crippen molar-refractivity contribution in [2.75, 3.05) is 20.8 Å². The average Bonchev–Trinajstić information content (AvgIpc) is 2.86. The van der Waals surface area contributed by atoms with Crippen molar-refractivity contribution in [1.82, 2.24) is 10.2 Å². The van der Waals surface area contributed by atoms with Gasteiger partial charge in [-0.05, 0) is 35.7 Å². The number of carbonyl (C=O) groups excluding carboxylic acids is 2. The molecule has 1 unspecified atom stereocenters. The quantitative estimate of drug-likeness (QED) is 0.647. The minimum atomic E-state index is -0.704. The molecule has 0 bridgehead atoms. The fourth-order valence-corrected chi connectivity index (χ4v) is 4.19. The average molecular weight is 431 g/mol. The van der Waals surface area contributed by atoms with Gasteiger partial charge < -0.3 is 19.7 Å². The Balaban J connectivity index is 1.62. The van der Waals surface area contributed by atoms with Crippen LogP contribution in [0.1, 0.15) is 33.1 Å². The summed E-state index contributed by atoms with van der Waals surface area (Å²) in [7, 11) is 3.15. The molecule has 1 heterocycles. The summed E-state index contributed by atoms with van der Waals surface area (Å²) in [5.41, 5.74) is 3.31. The summed E-state index contributed by atoms with van der Waals surface area (Å²) in [6.07, 6.45) is 0.711. The third-order valence-corrected chi connectivity index (χ3v) is 5.75. The van der Waals surface area contributed by atoms with E-state index in [1.54, 1.807) is 31.3 Å². The number of nitrogens with one attached hydrogen (secondary N) is 1. The van der Waals surface area contributed by atoms with Gasteiger partial charge in [0.2, 0.25) is 5.91 Å². The van der Waals surface area contributed by atoms with Crippen molar-refractivity contribution in [1.29, 1.82) is 0 Å². The van der Waals surface area contributed by atoms with E-state index in [0.29, 0.717) is 30.0 Å². The Hall–Kier alpha value is -3.80. The predicted octanol–water partition coefficient (Wildman–Crippen LogP) is 3.76. The van der Waals surface area contributed by atoms with Gasteiger partial charge in [0, 0.05) is 24.2 Å². The minimum absolute atomic E-state index is 0.154. The molecule has 6 nitrogen and oxygen atoms in total. The van der Waals surface area contributed by atoms with Crippen molar-refractivity contribution in [2.45, 2.75) is 19.0 Å². The summed E-state index contributed by atoms with van der Waals surface area (Å²) in [5.74, 6) is 0.797. The molecule has 2 amide bonds. The summed E-state index contributed by atoms with van der Waals surface area (Å²) < 4.78 is 10.8. The van der Waals surface area contributed by atoms with Crippen LogP contribution < -0.4 is 14.8 Å². The monoisotopic (exact) mass is 430 g/mol. The van der Waals surface area contributed by atoms with Gasteiger partial charge in [0.25, 0.3) is 5.91 Å². The Morgan fingerprint density at radius 1 is 0.938 bits per heavy atom. The van der Waals surface area contributed by atoms with Crippen LogP contribution >= 0.6 is 0 Å². The zero-order valence-electron chi connectivity index (χ0n) is 18.2. The van der Waals surface area contributed by atoms with E-state index in [4.69, 9.17) is 9.47 Å². The molecular weight excluding hydrogens is 404 g/mol. The SMILES string of the molecule is COc1cccc(CNC(=O)C2c3ccccc3CCN2C(=O)c2ccccc2)c1OC. The number of fused-ring (bicyclic) bond motifs is 1. The number of methoxy groups -OCH3 is 2. The number of rotatable bonds is 6. The summed E-state index contributed by atoms with van der Waals surface area (Å²) in [5, 5.41) is 3.00. The Labute approximate surface area is 187 Å². The van der Waals surface area contributed by atoms with Crippen LogP contribution in [0.3, 0.4) is 0 Å². The molecule has 0 radical (unpaired) electrons. The topological polar surface area (TPSA) is 67.9 Å². The number of nitrogens with zero attached hydrogens (tertiary/aromatic N) is 1. The number of amides is 2. The maximum absolute atomic E-state index is 13.5. The maximum Gasteiger partial charge on any atom is 0.254 e. The lowest BCUT2D eigenvalue weighted by Crippen LogP contribution is -2.47. The highest BCUT2D eigenvalue weighted by molar-refractivity contribution is 5.98. The number of carbonyl (C=O) groups is 2. The van der Waals surface area contributed by atoms with Gasteiger partial charge in [-0.25, -0.2) is 0 Å². The van der Waals surface area contributed by atoms with Crippen LogP contribution in [0.4, 0.5) is 0 Å². The fourth-order valence-electron chi connectivity index (χ4n) is 4.19. The molecule has 4 rings (SSSR count). The van der Waals surface area contributed by atoms with E-state index in [0.717, 1.165) is 16.7 Å². The summed E-state index contributed by atoms with van der Waals surface area (Å²) in [4.78, 5) is 28.4. The molecule has 0 aliphatic carbocycles. The van der Waals surface area contributed by atoms with E-state index in [2.05, 4.69) is 5.32 Å². The molecule has 1 aliphatic rings. The van der Waals surface area contributed by atoms with E-state index in [9.17, 15) is 9.59 Å². The van der Waals surface area contributed by atoms with Crippen LogP contribution in [-0.2, 0) is 17.8 Å². The lowest BCUT2D eigenvalue weighted by atomic mass is 9.91. The molecule has 3 aromatic rings. The third kappa shape index (κ3) is 4.17. The van der Waals surface area contributed by atoms with Crippen LogP contribution in [0.25, 0.3) is 0 Å². The lowest BCUT2D eigenvalue weighted by molar-refractivity contribution is -0.126. The first-order valence-electron chi connectivity index (χ1n) is 10.6. The number of ether oxygens (including phenoxy) is 2. The Bertz CT molecular complexity index is 1110. The molecule has 0 spiro atoms. The van der Waals surface area contributed by atoms with Gasteiger partial charge in [-0.15, -0.1) is 0 Å². The second kappa shape index (κ2) is 9.56. The zero-order valence-corrected chi connectivity index (χ0v) is 18.2. The lowest BCUT2D eigenvalue weighted by Gasteiger charge is -2.36. The van der Waals surface area contributed by atoms with Crippen molar-refractivity contribution in [3.05, 3.63) is 95.1 Å². The van der Waals surface area contributed by atoms with Gasteiger partial charge in [-0.3, -0.25) is 9.59 Å². The fraction of sp³-hybridized carbons (Fsp3) is 0.231. The molecule has 32 heavy (non-hydrogen) atoms. The molecule has 0 saturated heterocycles. The van der Waals surface area contributed by atoms with Gasteiger partial charge in [0.05, 0.1) is 14.2 Å². The standard InChI is InChI=1S/C26H26N2O4/c1-31-22-14-8-12-20(24(22)32-2)17-27-25(29)23-21-13-7-6-9-18(21)15-16-28(23)26(30)19-10-4-3-5-11-19/h3-14,23H,15-17H2,1-2H3,(H,27,29). The van der Waals surface area contributed by atoms with Crippen LogP contribution in [0, 0.1) is 0 Å². The molecular formula is C26H26N2O4. The summed E-state index contributed by atoms with van der Waals surface area (Å²) >= 11 is 0. The highest BCUT2D eigenvalue weighted by Gasteiger charge is 2.36. The van der Waals surface area contributed by atoms with Gasteiger partial charge >= 0.3 is 0 Å². The summed E-state index contributed by atoms with van der Waals surface area (Å²) in [6.45, 7) is 0.733. The van der Waals surface area contributed by atoms with Crippen LogP contribution in [0.15, 0.2) is 72.8 Å². The Morgan fingerprint density at radius 2 is 1.69 bits per heavy atom. The first kappa shape index (κ1) is 21.4. The smallest absolute Gasteiger partial charge is 0.254 e. The summed E-state index contributed by atoms with van der Waals surface area (Å²) in [6, 6.07) is 21.7. The zero-order chi connectivity index (χ0) is 22.5. The van der Waals surface area contributed by atoms with Gasteiger partial charge in [-0.1, -0.05) is 54.6 Å². The van der Waals surface area contributed by atoms with Gasteiger partial charge in [-0.2, -0.15) is 0 Å². The molecule has 6 heteroatoms. The van der Waals surface area contributed by atoms with E-state index < -0.39 is 6.04 Å². The first-order chi connectivity index (χ1) is 15.6. The van der Waals surface area contributed by atoms with Crippen molar-refractivity contribution in [3.8, 4) is 11.5 Å². The normalized spacial score (nSPS) is 14.9. The molecule has 3 aromatic carbocycles. The largest absolute Gasteiger partial charge is 0.493 e. The number of hydrogen-bond donors (Lipinski definition) is 1. The van der Waals surface area contributed by atoms with E-state index in [1.165, 1.54) is 0 Å². The molecule has 164 valence electrons. The Morgan fingerprint density at radius 3 is 2.44 bits per heavy atom. The van der Waals surface area contributed by atoms with Crippen molar-refractivity contribution in [2.24, 2.45) is 0 Å². The van der Waals surface area contributed by atoms with Crippen molar-refractivity contribution >= 4 is 11.8 Å². The molecule has 1 atom stereocenters. The second-order valence-electron chi connectivity index (χ2n) is 7.59. The van der Waals surface area contributed by atoms with Crippen LogP contribution in [-0.4, -0.2) is 37.5 Å². The molecule has 0 saturated carbocycles. The van der Waals surface area contributed by atoms with E-state index in [1.807, 2.05) is 60.7 Å². The van der Waals surface area contributed by atoms with Gasteiger partial charge in [0.15, 0.2) is 11.5 Å². The molecule has 0 aromatic heterocycles. The van der Waals surface area contributed by atoms with Gasteiger partial charge in [0.1, 0.15) is 6.04 Å². The van der Waals surface area contributed by atoms with E-state index >= 15 is 0 Å². The molecule has 1 N–H and O–H groups in total.